The van der Waals surface area contributed by atoms with Crippen molar-refractivity contribution in [3.63, 3.8) is 0 Å². The van der Waals surface area contributed by atoms with Crippen molar-refractivity contribution < 1.29 is 9.53 Å². The second-order valence-corrected chi connectivity index (χ2v) is 7.54. The minimum Gasteiger partial charge on any atom is -0.491 e. The van der Waals surface area contributed by atoms with E-state index in [0.29, 0.717) is 29.5 Å². The summed E-state index contributed by atoms with van der Waals surface area (Å²) in [6, 6.07) is 8.10. The average Bonchev–Trinajstić information content (AvgIpc) is 2.56. The molecule has 25 heavy (non-hydrogen) atoms. The minimum atomic E-state index is 0. The van der Waals surface area contributed by atoms with Crippen molar-refractivity contribution in [1.29, 1.82) is 0 Å². The third kappa shape index (κ3) is 4.89. The van der Waals surface area contributed by atoms with Gasteiger partial charge in [-0.25, -0.2) is 0 Å². The molecule has 3 rings (SSSR count). The van der Waals surface area contributed by atoms with Gasteiger partial charge in [0.05, 0.1) is 6.10 Å². The summed E-state index contributed by atoms with van der Waals surface area (Å²) >= 11 is 0. The fourth-order valence-corrected chi connectivity index (χ4v) is 4.26. The maximum atomic E-state index is 12.6. The van der Waals surface area contributed by atoms with Gasteiger partial charge in [-0.1, -0.05) is 13.3 Å². The second-order valence-electron chi connectivity index (χ2n) is 7.54. The lowest BCUT2D eigenvalue weighted by molar-refractivity contribution is 0.0756. The van der Waals surface area contributed by atoms with Crippen LogP contribution in [0.2, 0.25) is 0 Å². The Morgan fingerprint density at radius 2 is 1.84 bits per heavy atom. The van der Waals surface area contributed by atoms with Crippen LogP contribution in [-0.4, -0.2) is 24.1 Å². The number of fused-ring (bicyclic) bond motifs is 2. The van der Waals surface area contributed by atoms with Gasteiger partial charge in [-0.05, 0) is 75.1 Å². The molecule has 3 N–H and O–H groups in total. The molecule has 5 heteroatoms. The van der Waals surface area contributed by atoms with E-state index in [1.807, 2.05) is 31.2 Å². The molecule has 2 bridgehead atoms. The van der Waals surface area contributed by atoms with E-state index in [4.69, 9.17) is 10.5 Å². The fraction of sp³-hybridized carbons (Fsp3) is 0.650. The molecule has 4 nitrogen and oxygen atoms in total. The number of nitrogens with two attached hydrogens (primary N) is 1. The number of nitrogens with one attached hydrogen (secondary N) is 1. The maximum Gasteiger partial charge on any atom is 0.251 e. The summed E-state index contributed by atoms with van der Waals surface area (Å²) in [5, 5.41) is 3.29. The molecule has 0 heterocycles. The van der Waals surface area contributed by atoms with Crippen molar-refractivity contribution in [3.8, 4) is 5.75 Å². The van der Waals surface area contributed by atoms with E-state index in [9.17, 15) is 4.79 Å². The number of benzene rings is 1. The van der Waals surface area contributed by atoms with E-state index >= 15 is 0 Å². The highest BCUT2D eigenvalue weighted by molar-refractivity contribution is 5.94. The molecule has 0 aliphatic heterocycles. The Labute approximate surface area is 157 Å². The number of carbonyl (C=O) groups is 1. The Morgan fingerprint density at radius 3 is 2.40 bits per heavy atom. The van der Waals surface area contributed by atoms with E-state index in [-0.39, 0.29) is 24.4 Å². The Morgan fingerprint density at radius 1 is 1.24 bits per heavy atom. The van der Waals surface area contributed by atoms with Crippen LogP contribution in [0.25, 0.3) is 0 Å². The fourth-order valence-electron chi connectivity index (χ4n) is 4.26. The number of rotatable bonds is 5. The van der Waals surface area contributed by atoms with Crippen LogP contribution in [0.4, 0.5) is 0 Å². The van der Waals surface area contributed by atoms with Crippen molar-refractivity contribution in [2.75, 3.05) is 0 Å². The average molecular weight is 367 g/mol. The summed E-state index contributed by atoms with van der Waals surface area (Å²) in [5.74, 6) is 1.94. The van der Waals surface area contributed by atoms with Crippen LogP contribution in [0.5, 0.6) is 5.75 Å². The van der Waals surface area contributed by atoms with Crippen LogP contribution in [0.15, 0.2) is 24.3 Å². The lowest BCUT2D eigenvalue weighted by Crippen LogP contribution is -2.53. The highest BCUT2D eigenvalue weighted by atomic mass is 35.5. The van der Waals surface area contributed by atoms with Gasteiger partial charge in [0.2, 0.25) is 0 Å². The van der Waals surface area contributed by atoms with Crippen molar-refractivity contribution in [2.45, 2.75) is 70.6 Å². The SMILES string of the molecule is CCC(C)Oc1ccc(C(=O)NC2C3CCCC2CC(N)C3)cc1.Cl. The number of ether oxygens (including phenoxy) is 1. The van der Waals surface area contributed by atoms with E-state index in [0.717, 1.165) is 25.0 Å². The Kier molecular flexibility index (Phi) is 7.14. The van der Waals surface area contributed by atoms with Gasteiger partial charge in [0.1, 0.15) is 5.75 Å². The number of hydrogen-bond donors (Lipinski definition) is 2. The zero-order valence-corrected chi connectivity index (χ0v) is 16.1. The largest absolute Gasteiger partial charge is 0.491 e. The van der Waals surface area contributed by atoms with Crippen LogP contribution >= 0.6 is 12.4 Å². The third-order valence-electron chi connectivity index (χ3n) is 5.70. The highest BCUT2D eigenvalue weighted by Gasteiger charge is 2.39. The number of carbonyl (C=O) groups excluding carboxylic acids is 1. The van der Waals surface area contributed by atoms with Crippen LogP contribution in [0.1, 0.15) is 62.7 Å². The molecule has 0 aromatic heterocycles. The van der Waals surface area contributed by atoms with Gasteiger partial charge in [0, 0.05) is 17.6 Å². The molecule has 0 spiro atoms. The van der Waals surface area contributed by atoms with Gasteiger partial charge in [-0.2, -0.15) is 0 Å². The number of amides is 1. The summed E-state index contributed by atoms with van der Waals surface area (Å²) in [6.45, 7) is 4.15. The molecular weight excluding hydrogens is 336 g/mol. The van der Waals surface area contributed by atoms with Gasteiger partial charge in [0.15, 0.2) is 0 Å². The molecule has 140 valence electrons. The molecule has 2 fully saturated rings. The van der Waals surface area contributed by atoms with Gasteiger partial charge in [0.25, 0.3) is 5.91 Å². The van der Waals surface area contributed by atoms with Crippen molar-refractivity contribution in [1.82, 2.24) is 5.32 Å². The predicted octanol–water partition coefficient (Wildman–Crippen LogP) is 3.92. The first kappa shape index (κ1) is 20.1. The van der Waals surface area contributed by atoms with Gasteiger partial charge >= 0.3 is 0 Å². The summed E-state index contributed by atoms with van der Waals surface area (Å²) in [4.78, 5) is 12.6. The minimum absolute atomic E-state index is 0. The number of hydrogen-bond acceptors (Lipinski definition) is 3. The van der Waals surface area contributed by atoms with Crippen LogP contribution in [-0.2, 0) is 0 Å². The van der Waals surface area contributed by atoms with Crippen molar-refractivity contribution in [3.05, 3.63) is 29.8 Å². The molecule has 3 atom stereocenters. The molecule has 1 aromatic rings. The van der Waals surface area contributed by atoms with Crippen LogP contribution in [0.3, 0.4) is 0 Å². The normalized spacial score (nSPS) is 29.2. The molecule has 2 aliphatic carbocycles. The van der Waals surface area contributed by atoms with E-state index in [2.05, 4.69) is 12.2 Å². The third-order valence-corrected chi connectivity index (χ3v) is 5.70. The number of halogens is 1. The first-order valence-corrected chi connectivity index (χ1v) is 9.40. The molecule has 1 aromatic carbocycles. The van der Waals surface area contributed by atoms with Gasteiger partial charge in [-0.15, -0.1) is 12.4 Å². The molecule has 2 aliphatic rings. The topological polar surface area (TPSA) is 64.3 Å². The molecule has 0 saturated heterocycles. The van der Waals surface area contributed by atoms with E-state index in [1.165, 1.54) is 19.3 Å². The molecule has 3 unspecified atom stereocenters. The van der Waals surface area contributed by atoms with Gasteiger partial charge in [-0.3, -0.25) is 4.79 Å². The van der Waals surface area contributed by atoms with E-state index in [1.54, 1.807) is 0 Å². The predicted molar refractivity (Wildman–Crippen MR) is 103 cm³/mol. The first-order valence-electron chi connectivity index (χ1n) is 9.40. The quantitative estimate of drug-likeness (QED) is 0.830. The van der Waals surface area contributed by atoms with Crippen molar-refractivity contribution >= 4 is 18.3 Å². The summed E-state index contributed by atoms with van der Waals surface area (Å²) in [5.41, 5.74) is 6.88. The first-order chi connectivity index (χ1) is 11.6. The Hall–Kier alpha value is -1.26. The second kappa shape index (κ2) is 8.91. The monoisotopic (exact) mass is 366 g/mol. The van der Waals surface area contributed by atoms with Crippen LogP contribution in [0, 0.1) is 11.8 Å². The smallest absolute Gasteiger partial charge is 0.251 e. The van der Waals surface area contributed by atoms with Crippen LogP contribution < -0.4 is 15.8 Å². The van der Waals surface area contributed by atoms with E-state index < -0.39 is 0 Å². The van der Waals surface area contributed by atoms with Gasteiger partial charge < -0.3 is 15.8 Å². The summed E-state index contributed by atoms with van der Waals surface area (Å²) < 4.78 is 5.78. The highest BCUT2D eigenvalue weighted by Crippen LogP contribution is 2.39. The molecule has 2 saturated carbocycles. The summed E-state index contributed by atoms with van der Waals surface area (Å²) in [7, 11) is 0. The molecule has 0 radical (unpaired) electrons. The zero-order valence-electron chi connectivity index (χ0n) is 15.2. The molecule has 1 amide bonds. The molecular formula is C20H31ClN2O2. The summed E-state index contributed by atoms with van der Waals surface area (Å²) in [6.07, 6.45) is 6.90. The standard InChI is InChI=1S/C20H30N2O2.ClH/c1-3-13(2)24-18-9-7-14(8-10-18)20(23)22-19-15-5-4-6-16(19)12-17(21)11-15;/h7-10,13,15-17,19H,3-6,11-12,21H2,1-2H3,(H,22,23);1H. The lowest BCUT2D eigenvalue weighted by atomic mass is 9.67. The lowest BCUT2D eigenvalue weighted by Gasteiger charge is -2.45. The Balaban J connectivity index is 0.00000225. The van der Waals surface area contributed by atoms with Crippen molar-refractivity contribution in [2.24, 2.45) is 17.6 Å². The maximum absolute atomic E-state index is 12.6. The Bertz CT molecular complexity index is 549. The zero-order chi connectivity index (χ0) is 17.1.